The van der Waals surface area contributed by atoms with Gasteiger partial charge in [0.05, 0.1) is 28.2 Å². The van der Waals surface area contributed by atoms with Gasteiger partial charge < -0.3 is 34.4 Å². The fourth-order valence-corrected chi connectivity index (χ4v) is 8.56. The summed E-state index contributed by atoms with van der Waals surface area (Å²) in [6.45, 7) is 16.8. The van der Waals surface area contributed by atoms with Gasteiger partial charge in [0.25, 0.3) is 0 Å². The molecule has 3 aliphatic heterocycles. The number of thiazole rings is 1. The minimum atomic E-state index is -0.794. The van der Waals surface area contributed by atoms with E-state index in [-0.39, 0.29) is 42.8 Å². The molecule has 3 fully saturated rings. The number of benzene rings is 1. The highest BCUT2D eigenvalue weighted by Crippen LogP contribution is 2.36. The van der Waals surface area contributed by atoms with Gasteiger partial charge in [-0.25, -0.2) is 9.78 Å². The largest absolute Gasteiger partial charge is 0.444 e. The van der Waals surface area contributed by atoms with Crippen molar-refractivity contribution in [3.8, 4) is 10.4 Å². The third-order valence-electron chi connectivity index (χ3n) is 10.6. The van der Waals surface area contributed by atoms with Crippen molar-refractivity contribution in [1.29, 1.82) is 0 Å². The maximum Gasteiger partial charge on any atom is 0.410 e. The molecule has 5 heterocycles. The molecule has 0 bridgehead atoms. The Bertz CT molecular complexity index is 1700. The number of nitrogens with zero attached hydrogens (tertiary/aromatic N) is 5. The smallest absolute Gasteiger partial charge is 0.410 e. The quantitative estimate of drug-likeness (QED) is 0.251. The standard InChI is InChI=1S/C39H54N6O6S/c1-23(2)34(32-18-33(42-51-32)44-19-27(20-44)16-26-12-14-43(15-13-26)38(49)50-39(5,6)7)37(48)45-21-30(46)17-31(45)36(47)41-24(3)28-8-10-29(11-9-28)35-25(4)40-22-52-35/h8-11,18,22-24,26-27,30-31,34,46H,12-17,19-21H2,1-7H3,(H,41,47)/t24-,30+,31-,34?/m0/s1. The molecule has 1 unspecified atom stereocenters. The SMILES string of the molecule is Cc1ncsc1-c1ccc([C@H](C)NC(=O)[C@@H]2C[C@@H](O)CN2C(=O)C(c2cc(N3CC(CC4CCN(C(=O)OC(C)(C)C)CC4)C3)no2)C(C)C)cc1. The number of piperidine rings is 1. The molecular weight excluding hydrogens is 681 g/mol. The number of anilines is 1. The normalized spacial score (nSPS) is 21.3. The highest BCUT2D eigenvalue weighted by molar-refractivity contribution is 7.13. The molecule has 6 rings (SSSR count). The molecule has 0 spiro atoms. The fourth-order valence-electron chi connectivity index (χ4n) is 7.75. The van der Waals surface area contributed by atoms with Crippen molar-refractivity contribution < 1.29 is 28.8 Å². The van der Waals surface area contributed by atoms with Crippen molar-refractivity contribution in [2.24, 2.45) is 17.8 Å². The molecule has 2 aromatic heterocycles. The lowest BCUT2D eigenvalue weighted by molar-refractivity contribution is -0.141. The van der Waals surface area contributed by atoms with E-state index in [4.69, 9.17) is 9.26 Å². The van der Waals surface area contributed by atoms with Gasteiger partial charge in [0.15, 0.2) is 11.6 Å². The van der Waals surface area contributed by atoms with Crippen LogP contribution < -0.4 is 10.2 Å². The van der Waals surface area contributed by atoms with Crippen molar-refractivity contribution in [2.75, 3.05) is 37.6 Å². The van der Waals surface area contributed by atoms with E-state index in [1.54, 1.807) is 11.3 Å². The highest BCUT2D eigenvalue weighted by Gasteiger charge is 2.44. The van der Waals surface area contributed by atoms with Crippen LogP contribution in [0.2, 0.25) is 0 Å². The van der Waals surface area contributed by atoms with Gasteiger partial charge in [0, 0.05) is 45.2 Å². The second-order valence-corrected chi connectivity index (χ2v) is 17.1. The van der Waals surface area contributed by atoms with Crippen LogP contribution in [0.25, 0.3) is 10.4 Å². The van der Waals surface area contributed by atoms with E-state index in [1.807, 2.05) is 89.2 Å². The molecule has 0 saturated carbocycles. The number of hydrogen-bond acceptors (Lipinski definition) is 10. The molecule has 13 heteroatoms. The summed E-state index contributed by atoms with van der Waals surface area (Å²) >= 11 is 1.60. The number of carbonyl (C=O) groups is 3. The number of ether oxygens (including phenoxy) is 1. The molecule has 3 aliphatic rings. The fraction of sp³-hybridized carbons (Fsp3) is 0.615. The first-order valence-electron chi connectivity index (χ1n) is 18.7. The Morgan fingerprint density at radius 2 is 1.75 bits per heavy atom. The number of β-amino-alcohol motifs (C(OH)–C–C–N with tert-alkyl or cyclic N) is 1. The van der Waals surface area contributed by atoms with Crippen molar-refractivity contribution in [1.82, 2.24) is 25.3 Å². The molecule has 3 aromatic rings. The topological polar surface area (TPSA) is 141 Å². The lowest BCUT2D eigenvalue weighted by Crippen LogP contribution is -2.49. The molecule has 2 N–H and O–H groups in total. The molecule has 0 aliphatic carbocycles. The van der Waals surface area contributed by atoms with E-state index < -0.39 is 23.7 Å². The second-order valence-electron chi connectivity index (χ2n) is 16.2. The van der Waals surface area contributed by atoms with Crippen LogP contribution in [0.1, 0.15) is 96.2 Å². The van der Waals surface area contributed by atoms with Crippen molar-refractivity contribution in [2.45, 2.75) is 104 Å². The van der Waals surface area contributed by atoms with Crippen LogP contribution in [-0.4, -0.2) is 93.4 Å². The van der Waals surface area contributed by atoms with E-state index in [9.17, 15) is 19.5 Å². The highest BCUT2D eigenvalue weighted by atomic mass is 32.1. The number of aryl methyl sites for hydroxylation is 1. The van der Waals surface area contributed by atoms with E-state index in [0.29, 0.717) is 23.4 Å². The maximum absolute atomic E-state index is 14.1. The van der Waals surface area contributed by atoms with E-state index in [1.165, 1.54) is 4.90 Å². The first-order chi connectivity index (χ1) is 24.7. The summed E-state index contributed by atoms with van der Waals surface area (Å²) in [5.41, 5.74) is 4.36. The molecule has 282 valence electrons. The predicted octanol–water partition coefficient (Wildman–Crippen LogP) is 6.16. The Balaban J connectivity index is 1.02. The van der Waals surface area contributed by atoms with Gasteiger partial charge >= 0.3 is 6.09 Å². The lowest BCUT2D eigenvalue weighted by atomic mass is 9.83. The lowest BCUT2D eigenvalue weighted by Gasteiger charge is -2.42. The Morgan fingerprint density at radius 3 is 2.37 bits per heavy atom. The zero-order valence-corrected chi connectivity index (χ0v) is 32.3. The molecule has 1 aromatic carbocycles. The maximum atomic E-state index is 14.1. The van der Waals surface area contributed by atoms with Crippen molar-refractivity contribution in [3.63, 3.8) is 0 Å². The predicted molar refractivity (Wildman–Crippen MR) is 200 cm³/mol. The molecule has 4 atom stereocenters. The number of aromatic nitrogens is 2. The first-order valence-corrected chi connectivity index (χ1v) is 19.5. The van der Waals surface area contributed by atoms with E-state index in [2.05, 4.69) is 20.4 Å². The summed E-state index contributed by atoms with van der Waals surface area (Å²) in [6.07, 6.45) is 2.22. The zero-order chi connectivity index (χ0) is 37.3. The molecular formula is C39H54N6O6S. The summed E-state index contributed by atoms with van der Waals surface area (Å²) in [6, 6.07) is 8.85. The van der Waals surface area contributed by atoms with Crippen LogP contribution in [-0.2, 0) is 14.3 Å². The number of carbonyl (C=O) groups excluding carboxylic acids is 3. The summed E-state index contributed by atoms with van der Waals surface area (Å²) in [4.78, 5) is 51.2. The molecule has 3 saturated heterocycles. The number of nitrogens with one attached hydrogen (secondary N) is 1. The summed E-state index contributed by atoms with van der Waals surface area (Å²) in [5.74, 6) is 0.995. The number of aliphatic hydroxyl groups is 1. The van der Waals surface area contributed by atoms with Crippen molar-refractivity contribution >= 4 is 35.1 Å². The number of rotatable bonds is 10. The van der Waals surface area contributed by atoms with Gasteiger partial charge in [-0.05, 0) is 82.8 Å². The molecule has 52 heavy (non-hydrogen) atoms. The Hall–Kier alpha value is -3.97. The van der Waals surface area contributed by atoms with E-state index in [0.717, 1.165) is 67.1 Å². The van der Waals surface area contributed by atoms with Gasteiger partial charge in [0.1, 0.15) is 17.6 Å². The van der Waals surface area contributed by atoms with Crippen LogP contribution in [0.4, 0.5) is 10.6 Å². The monoisotopic (exact) mass is 734 g/mol. The first kappa shape index (κ1) is 37.8. The minimum Gasteiger partial charge on any atom is -0.444 e. The second kappa shape index (κ2) is 15.6. The van der Waals surface area contributed by atoms with Gasteiger partial charge in [-0.1, -0.05) is 43.3 Å². The van der Waals surface area contributed by atoms with Crippen LogP contribution in [0, 0.1) is 24.7 Å². The number of hydrogen-bond donors (Lipinski definition) is 2. The van der Waals surface area contributed by atoms with Gasteiger partial charge in [0.2, 0.25) is 11.8 Å². The molecule has 12 nitrogen and oxygen atoms in total. The summed E-state index contributed by atoms with van der Waals surface area (Å²) in [7, 11) is 0. The minimum absolute atomic E-state index is 0.0862. The van der Waals surface area contributed by atoms with Crippen LogP contribution >= 0.6 is 11.3 Å². The van der Waals surface area contributed by atoms with E-state index >= 15 is 0 Å². The zero-order valence-electron chi connectivity index (χ0n) is 31.5. The number of aliphatic hydroxyl groups excluding tert-OH is 1. The van der Waals surface area contributed by atoms with Gasteiger partial charge in [-0.2, -0.15) is 0 Å². The molecule has 3 amide bonds. The Labute approximate surface area is 310 Å². The van der Waals surface area contributed by atoms with Crippen LogP contribution in [0.3, 0.4) is 0 Å². The number of likely N-dealkylation sites (tertiary alicyclic amines) is 2. The summed E-state index contributed by atoms with van der Waals surface area (Å²) < 4.78 is 11.4. The third kappa shape index (κ3) is 8.62. The number of amides is 3. The molecule has 0 radical (unpaired) electrons. The van der Waals surface area contributed by atoms with Crippen LogP contribution in [0.5, 0.6) is 0 Å². The Morgan fingerprint density at radius 1 is 1.06 bits per heavy atom. The third-order valence-corrected chi connectivity index (χ3v) is 11.6. The average Bonchev–Trinajstić information content (AvgIpc) is 3.82. The summed E-state index contributed by atoms with van der Waals surface area (Å²) in [5, 5.41) is 18.1. The van der Waals surface area contributed by atoms with Crippen LogP contribution in [0.15, 0.2) is 40.4 Å². The van der Waals surface area contributed by atoms with Gasteiger partial charge in [-0.3, -0.25) is 9.59 Å². The van der Waals surface area contributed by atoms with Crippen molar-refractivity contribution in [3.05, 3.63) is 52.9 Å². The van der Waals surface area contributed by atoms with Gasteiger partial charge in [-0.15, -0.1) is 11.3 Å². The Kier molecular flexibility index (Phi) is 11.3. The average molecular weight is 735 g/mol.